The fourth-order valence-electron chi connectivity index (χ4n) is 1.96. The molecule has 0 saturated heterocycles. The third-order valence-corrected chi connectivity index (χ3v) is 4.26. The number of hydrogen-bond donors (Lipinski definition) is 1. The first-order chi connectivity index (χ1) is 8.27. The van der Waals surface area contributed by atoms with Gasteiger partial charge in [-0.15, -0.1) is 11.3 Å². The molecule has 3 heteroatoms. The minimum absolute atomic E-state index is 0.707. The molecule has 1 aromatic rings. The van der Waals surface area contributed by atoms with Crippen LogP contribution in [-0.2, 0) is 6.42 Å². The van der Waals surface area contributed by atoms with Crippen molar-refractivity contribution in [1.82, 2.24) is 10.2 Å². The normalized spacial score (nSPS) is 13.2. The number of likely N-dealkylation sites (N-methyl/N-ethyl adjacent to an activating group) is 1. The first-order valence-electron chi connectivity index (χ1n) is 6.75. The zero-order chi connectivity index (χ0) is 12.5. The van der Waals surface area contributed by atoms with Gasteiger partial charge in [0.1, 0.15) is 0 Å². The second-order valence-corrected chi connectivity index (χ2v) is 5.50. The van der Waals surface area contributed by atoms with Gasteiger partial charge in [0.25, 0.3) is 0 Å². The van der Waals surface area contributed by atoms with Gasteiger partial charge in [-0.1, -0.05) is 19.9 Å². The second-order valence-electron chi connectivity index (χ2n) is 4.47. The van der Waals surface area contributed by atoms with E-state index in [0.717, 1.165) is 32.6 Å². The van der Waals surface area contributed by atoms with Crippen molar-refractivity contribution in [1.29, 1.82) is 0 Å². The summed E-state index contributed by atoms with van der Waals surface area (Å²) in [7, 11) is 0. The van der Waals surface area contributed by atoms with Gasteiger partial charge in [-0.25, -0.2) is 0 Å². The summed E-state index contributed by atoms with van der Waals surface area (Å²) in [4.78, 5) is 4.02. The molecule has 0 amide bonds. The predicted molar refractivity (Wildman–Crippen MR) is 77.9 cm³/mol. The fourth-order valence-corrected chi connectivity index (χ4v) is 2.67. The van der Waals surface area contributed by atoms with Crippen molar-refractivity contribution < 1.29 is 0 Å². The van der Waals surface area contributed by atoms with Crippen LogP contribution < -0.4 is 5.32 Å². The van der Waals surface area contributed by atoms with Crippen molar-refractivity contribution in [3.05, 3.63) is 22.4 Å². The Labute approximate surface area is 110 Å². The Morgan fingerprint density at radius 2 is 2.18 bits per heavy atom. The summed E-state index contributed by atoms with van der Waals surface area (Å²) < 4.78 is 0. The topological polar surface area (TPSA) is 15.3 Å². The lowest BCUT2D eigenvalue weighted by atomic mass is 10.2. The molecule has 0 fully saturated rings. The van der Waals surface area contributed by atoms with Gasteiger partial charge in [0.15, 0.2) is 0 Å². The summed E-state index contributed by atoms with van der Waals surface area (Å²) in [6.45, 7) is 11.3. The van der Waals surface area contributed by atoms with E-state index >= 15 is 0 Å². The number of hydrogen-bond acceptors (Lipinski definition) is 3. The van der Waals surface area contributed by atoms with E-state index in [0.29, 0.717) is 6.04 Å². The number of nitrogens with one attached hydrogen (secondary N) is 1. The second kappa shape index (κ2) is 8.67. The average Bonchev–Trinajstić information content (AvgIpc) is 2.86. The summed E-state index contributed by atoms with van der Waals surface area (Å²) in [6.07, 6.45) is 2.40. The Morgan fingerprint density at radius 1 is 1.35 bits per heavy atom. The quantitative estimate of drug-likeness (QED) is 0.682. The molecular weight excluding hydrogens is 228 g/mol. The molecule has 17 heavy (non-hydrogen) atoms. The van der Waals surface area contributed by atoms with Crippen LogP contribution in [0.2, 0.25) is 0 Å². The highest BCUT2D eigenvalue weighted by atomic mass is 32.1. The van der Waals surface area contributed by atoms with Crippen LogP contribution in [0.1, 0.15) is 32.1 Å². The Kier molecular flexibility index (Phi) is 7.49. The molecule has 1 aromatic heterocycles. The van der Waals surface area contributed by atoms with Crippen molar-refractivity contribution in [3.8, 4) is 0 Å². The molecule has 0 radical (unpaired) electrons. The standard InChI is InChI=1S/C14H26N2S/c1-4-13(3)16(5-2)11-10-15-9-8-14-7-6-12-17-14/h6-7,12-13,15H,4-5,8-11H2,1-3H3. The number of rotatable bonds is 9. The zero-order valence-corrected chi connectivity index (χ0v) is 12.2. The van der Waals surface area contributed by atoms with E-state index in [-0.39, 0.29) is 0 Å². The van der Waals surface area contributed by atoms with Crippen LogP contribution >= 0.6 is 11.3 Å². The summed E-state index contributed by atoms with van der Waals surface area (Å²) >= 11 is 1.85. The van der Waals surface area contributed by atoms with E-state index < -0.39 is 0 Å². The highest BCUT2D eigenvalue weighted by Gasteiger charge is 2.08. The lowest BCUT2D eigenvalue weighted by molar-refractivity contribution is 0.215. The maximum atomic E-state index is 3.53. The van der Waals surface area contributed by atoms with Gasteiger partial charge in [0.05, 0.1) is 0 Å². The molecule has 1 atom stereocenters. The van der Waals surface area contributed by atoms with Crippen LogP contribution in [0.25, 0.3) is 0 Å². The lowest BCUT2D eigenvalue weighted by Crippen LogP contribution is -2.38. The SMILES string of the molecule is CCC(C)N(CC)CCNCCc1cccs1. The van der Waals surface area contributed by atoms with Gasteiger partial charge in [0.2, 0.25) is 0 Å². The smallest absolute Gasteiger partial charge is 0.0110 e. The van der Waals surface area contributed by atoms with Crippen molar-refractivity contribution >= 4 is 11.3 Å². The van der Waals surface area contributed by atoms with Crippen molar-refractivity contribution in [3.63, 3.8) is 0 Å². The Morgan fingerprint density at radius 3 is 2.76 bits per heavy atom. The van der Waals surface area contributed by atoms with Crippen LogP contribution in [0.3, 0.4) is 0 Å². The highest BCUT2D eigenvalue weighted by molar-refractivity contribution is 7.09. The molecule has 0 saturated carbocycles. The van der Waals surface area contributed by atoms with Crippen LogP contribution in [-0.4, -0.2) is 37.1 Å². The summed E-state index contributed by atoms with van der Waals surface area (Å²) in [6, 6.07) is 5.05. The average molecular weight is 254 g/mol. The van der Waals surface area contributed by atoms with E-state index in [4.69, 9.17) is 0 Å². The highest BCUT2D eigenvalue weighted by Crippen LogP contribution is 2.08. The molecule has 0 aliphatic heterocycles. The monoisotopic (exact) mass is 254 g/mol. The van der Waals surface area contributed by atoms with Crippen LogP contribution in [0.5, 0.6) is 0 Å². The summed E-state index contributed by atoms with van der Waals surface area (Å²) in [5.74, 6) is 0. The molecular formula is C14H26N2S. The summed E-state index contributed by atoms with van der Waals surface area (Å²) in [5, 5.41) is 5.68. The first-order valence-corrected chi connectivity index (χ1v) is 7.63. The lowest BCUT2D eigenvalue weighted by Gasteiger charge is -2.26. The third kappa shape index (κ3) is 5.66. The van der Waals surface area contributed by atoms with Crippen molar-refractivity contribution in [2.45, 2.75) is 39.7 Å². The largest absolute Gasteiger partial charge is 0.315 e. The Bertz CT molecular complexity index is 272. The van der Waals surface area contributed by atoms with Gasteiger partial charge in [-0.2, -0.15) is 0 Å². The fraction of sp³-hybridized carbons (Fsp3) is 0.714. The molecule has 1 N–H and O–H groups in total. The molecule has 0 aliphatic carbocycles. The van der Waals surface area contributed by atoms with Crippen molar-refractivity contribution in [2.24, 2.45) is 0 Å². The maximum absolute atomic E-state index is 3.53. The molecule has 0 aliphatic rings. The zero-order valence-electron chi connectivity index (χ0n) is 11.4. The van der Waals surface area contributed by atoms with E-state index in [9.17, 15) is 0 Å². The van der Waals surface area contributed by atoms with Crippen LogP contribution in [0, 0.1) is 0 Å². The van der Waals surface area contributed by atoms with E-state index in [1.807, 2.05) is 11.3 Å². The van der Waals surface area contributed by atoms with Gasteiger partial charge in [-0.05, 0) is 37.8 Å². The Hall–Kier alpha value is -0.380. The molecule has 0 aromatic carbocycles. The van der Waals surface area contributed by atoms with Gasteiger partial charge in [0, 0.05) is 30.6 Å². The predicted octanol–water partition coefficient (Wildman–Crippen LogP) is 3.00. The van der Waals surface area contributed by atoms with Crippen LogP contribution in [0.15, 0.2) is 17.5 Å². The van der Waals surface area contributed by atoms with E-state index in [1.165, 1.54) is 11.3 Å². The van der Waals surface area contributed by atoms with E-state index in [2.05, 4.69) is 48.5 Å². The van der Waals surface area contributed by atoms with Gasteiger partial charge < -0.3 is 5.32 Å². The minimum Gasteiger partial charge on any atom is -0.315 e. The molecule has 1 rings (SSSR count). The third-order valence-electron chi connectivity index (χ3n) is 3.32. The molecule has 2 nitrogen and oxygen atoms in total. The Balaban J connectivity index is 2.06. The summed E-state index contributed by atoms with van der Waals surface area (Å²) in [5.41, 5.74) is 0. The van der Waals surface area contributed by atoms with Crippen molar-refractivity contribution in [2.75, 3.05) is 26.2 Å². The van der Waals surface area contributed by atoms with Crippen LogP contribution in [0.4, 0.5) is 0 Å². The van der Waals surface area contributed by atoms with Gasteiger partial charge in [-0.3, -0.25) is 4.90 Å². The van der Waals surface area contributed by atoms with E-state index in [1.54, 1.807) is 0 Å². The molecule has 0 bridgehead atoms. The number of nitrogens with zero attached hydrogens (tertiary/aromatic N) is 1. The maximum Gasteiger partial charge on any atom is 0.0110 e. The minimum atomic E-state index is 0.707. The molecule has 98 valence electrons. The first kappa shape index (κ1) is 14.7. The van der Waals surface area contributed by atoms with Gasteiger partial charge >= 0.3 is 0 Å². The molecule has 0 spiro atoms. The number of thiophene rings is 1. The molecule has 1 unspecified atom stereocenters. The molecule has 1 heterocycles.